The van der Waals surface area contributed by atoms with Gasteiger partial charge in [0.2, 0.25) is 0 Å². The number of ether oxygens (including phenoxy) is 2. The summed E-state index contributed by atoms with van der Waals surface area (Å²) in [5.74, 6) is 0. The Bertz CT molecular complexity index is 289. The molecule has 1 aromatic rings. The molecule has 1 aromatic carbocycles. The topological polar surface area (TPSA) is 30.5 Å². The van der Waals surface area contributed by atoms with Crippen LogP contribution in [0.4, 0.5) is 0 Å². The van der Waals surface area contributed by atoms with E-state index in [1.54, 1.807) is 7.11 Å². The number of methoxy groups -OCH3 is 1. The van der Waals surface area contributed by atoms with E-state index in [1.807, 2.05) is 0 Å². The van der Waals surface area contributed by atoms with Crippen LogP contribution >= 0.6 is 0 Å². The molecular formula is C13H21NO2. The van der Waals surface area contributed by atoms with Gasteiger partial charge in [0.05, 0.1) is 19.8 Å². The van der Waals surface area contributed by atoms with Gasteiger partial charge in [-0.25, -0.2) is 0 Å². The number of nitrogens with one attached hydrogen (secondary N) is 1. The molecule has 0 bridgehead atoms. The number of rotatable bonds is 8. The Kier molecular flexibility index (Phi) is 6.81. The van der Waals surface area contributed by atoms with Crippen molar-refractivity contribution in [1.29, 1.82) is 0 Å². The summed E-state index contributed by atoms with van der Waals surface area (Å²) in [7, 11) is 1.68. The molecule has 3 nitrogen and oxygen atoms in total. The fourth-order valence-electron chi connectivity index (χ4n) is 1.42. The lowest BCUT2D eigenvalue weighted by Gasteiger charge is -2.08. The molecule has 90 valence electrons. The van der Waals surface area contributed by atoms with Crippen LogP contribution < -0.4 is 5.32 Å². The van der Waals surface area contributed by atoms with Crippen LogP contribution in [0.3, 0.4) is 0 Å². The van der Waals surface area contributed by atoms with Crippen molar-refractivity contribution < 1.29 is 9.47 Å². The smallest absolute Gasteiger partial charge is 0.0700 e. The molecule has 0 unspecified atom stereocenters. The largest absolute Gasteiger partial charge is 0.382 e. The van der Waals surface area contributed by atoms with Gasteiger partial charge in [-0.1, -0.05) is 24.3 Å². The van der Waals surface area contributed by atoms with Gasteiger partial charge in [-0.3, -0.25) is 0 Å². The first-order valence-corrected chi connectivity index (χ1v) is 5.66. The first-order valence-electron chi connectivity index (χ1n) is 5.66. The second-order valence-electron chi connectivity index (χ2n) is 3.71. The minimum Gasteiger partial charge on any atom is -0.382 e. The maximum absolute atomic E-state index is 5.35. The minimum absolute atomic E-state index is 0.664. The first-order chi connectivity index (χ1) is 7.84. The molecule has 0 aliphatic rings. The van der Waals surface area contributed by atoms with E-state index in [4.69, 9.17) is 9.47 Å². The average Bonchev–Trinajstić information content (AvgIpc) is 2.30. The van der Waals surface area contributed by atoms with Gasteiger partial charge in [-0.2, -0.15) is 0 Å². The van der Waals surface area contributed by atoms with Gasteiger partial charge < -0.3 is 14.8 Å². The van der Waals surface area contributed by atoms with Gasteiger partial charge >= 0.3 is 0 Å². The zero-order valence-electron chi connectivity index (χ0n) is 10.2. The van der Waals surface area contributed by atoms with Crippen molar-refractivity contribution in [3.63, 3.8) is 0 Å². The molecule has 0 aromatic heterocycles. The van der Waals surface area contributed by atoms with Crippen LogP contribution in [0, 0.1) is 6.92 Å². The molecule has 0 saturated heterocycles. The van der Waals surface area contributed by atoms with Crippen LogP contribution in [-0.4, -0.2) is 33.5 Å². The summed E-state index contributed by atoms with van der Waals surface area (Å²) in [6.07, 6.45) is 0. The normalized spacial score (nSPS) is 10.6. The molecule has 0 amide bonds. The lowest BCUT2D eigenvalue weighted by Crippen LogP contribution is -2.20. The lowest BCUT2D eigenvalue weighted by molar-refractivity contribution is 0.0719. The molecule has 0 saturated carbocycles. The predicted octanol–water partition coefficient (Wildman–Crippen LogP) is 1.75. The summed E-state index contributed by atoms with van der Waals surface area (Å²) < 4.78 is 10.2. The van der Waals surface area contributed by atoms with Gasteiger partial charge in [-0.15, -0.1) is 0 Å². The molecule has 16 heavy (non-hydrogen) atoms. The second-order valence-corrected chi connectivity index (χ2v) is 3.71. The molecular weight excluding hydrogens is 202 g/mol. The SMILES string of the molecule is COCCOCCNCc1ccccc1C. The number of hydrogen-bond donors (Lipinski definition) is 1. The third-order valence-electron chi connectivity index (χ3n) is 2.43. The summed E-state index contributed by atoms with van der Waals surface area (Å²) >= 11 is 0. The fraction of sp³-hybridized carbons (Fsp3) is 0.538. The molecule has 0 aliphatic carbocycles. The van der Waals surface area contributed by atoms with Crippen molar-refractivity contribution in [3.05, 3.63) is 35.4 Å². The van der Waals surface area contributed by atoms with E-state index in [2.05, 4.69) is 36.5 Å². The highest BCUT2D eigenvalue weighted by Crippen LogP contribution is 2.05. The van der Waals surface area contributed by atoms with Crippen LogP contribution in [0.2, 0.25) is 0 Å². The monoisotopic (exact) mass is 223 g/mol. The molecule has 0 radical (unpaired) electrons. The van der Waals surface area contributed by atoms with Gasteiger partial charge in [0, 0.05) is 20.2 Å². The number of hydrogen-bond acceptors (Lipinski definition) is 3. The van der Waals surface area contributed by atoms with Gasteiger partial charge in [0.25, 0.3) is 0 Å². The average molecular weight is 223 g/mol. The Labute approximate surface area is 97.8 Å². The zero-order chi connectivity index (χ0) is 11.6. The summed E-state index contributed by atoms with van der Waals surface area (Å²) in [6, 6.07) is 8.41. The Morgan fingerprint density at radius 3 is 2.69 bits per heavy atom. The number of benzene rings is 1. The summed E-state index contributed by atoms with van der Waals surface area (Å²) in [5.41, 5.74) is 2.68. The van der Waals surface area contributed by atoms with E-state index in [0.717, 1.165) is 19.7 Å². The van der Waals surface area contributed by atoms with Crippen LogP contribution in [-0.2, 0) is 16.0 Å². The quantitative estimate of drug-likeness (QED) is 0.681. The summed E-state index contributed by atoms with van der Waals surface area (Å²) in [4.78, 5) is 0. The van der Waals surface area contributed by atoms with Crippen molar-refractivity contribution in [2.45, 2.75) is 13.5 Å². The van der Waals surface area contributed by atoms with Crippen molar-refractivity contribution in [2.75, 3.05) is 33.5 Å². The third-order valence-corrected chi connectivity index (χ3v) is 2.43. The minimum atomic E-state index is 0.664. The standard InChI is InChI=1S/C13H21NO2/c1-12-5-3-4-6-13(12)11-14-7-8-16-10-9-15-2/h3-6,14H,7-11H2,1-2H3. The van der Waals surface area contributed by atoms with Crippen LogP contribution in [0.5, 0.6) is 0 Å². The summed E-state index contributed by atoms with van der Waals surface area (Å²) in [6.45, 7) is 5.97. The molecule has 1 N–H and O–H groups in total. The Morgan fingerprint density at radius 1 is 1.12 bits per heavy atom. The van der Waals surface area contributed by atoms with Crippen LogP contribution in [0.25, 0.3) is 0 Å². The van der Waals surface area contributed by atoms with Crippen molar-refractivity contribution >= 4 is 0 Å². The highest BCUT2D eigenvalue weighted by atomic mass is 16.5. The van der Waals surface area contributed by atoms with E-state index in [-0.39, 0.29) is 0 Å². The molecule has 3 heteroatoms. The maximum Gasteiger partial charge on any atom is 0.0700 e. The number of aryl methyl sites for hydroxylation is 1. The summed E-state index contributed by atoms with van der Waals surface area (Å²) in [5, 5.41) is 3.35. The fourth-order valence-corrected chi connectivity index (χ4v) is 1.42. The van der Waals surface area contributed by atoms with Crippen LogP contribution in [0.1, 0.15) is 11.1 Å². The Balaban J connectivity index is 2.05. The molecule has 0 heterocycles. The van der Waals surface area contributed by atoms with Gasteiger partial charge in [-0.05, 0) is 18.1 Å². The zero-order valence-corrected chi connectivity index (χ0v) is 10.2. The van der Waals surface area contributed by atoms with Crippen molar-refractivity contribution in [1.82, 2.24) is 5.32 Å². The molecule has 0 fully saturated rings. The lowest BCUT2D eigenvalue weighted by atomic mass is 10.1. The molecule has 1 rings (SSSR count). The van der Waals surface area contributed by atoms with E-state index < -0.39 is 0 Å². The molecule has 0 aliphatic heterocycles. The van der Waals surface area contributed by atoms with Gasteiger partial charge in [0.1, 0.15) is 0 Å². The first kappa shape index (κ1) is 13.2. The third kappa shape index (κ3) is 5.26. The van der Waals surface area contributed by atoms with Gasteiger partial charge in [0.15, 0.2) is 0 Å². The second kappa shape index (κ2) is 8.28. The highest BCUT2D eigenvalue weighted by molar-refractivity contribution is 5.25. The van der Waals surface area contributed by atoms with Crippen molar-refractivity contribution in [2.24, 2.45) is 0 Å². The molecule has 0 spiro atoms. The van der Waals surface area contributed by atoms with Crippen molar-refractivity contribution in [3.8, 4) is 0 Å². The predicted molar refractivity (Wildman–Crippen MR) is 65.6 cm³/mol. The van der Waals surface area contributed by atoms with Crippen LogP contribution in [0.15, 0.2) is 24.3 Å². The highest BCUT2D eigenvalue weighted by Gasteiger charge is 1.95. The van der Waals surface area contributed by atoms with E-state index >= 15 is 0 Å². The van der Waals surface area contributed by atoms with E-state index in [9.17, 15) is 0 Å². The Hall–Kier alpha value is -0.900. The van der Waals surface area contributed by atoms with E-state index in [0.29, 0.717) is 13.2 Å². The maximum atomic E-state index is 5.35. The van der Waals surface area contributed by atoms with E-state index in [1.165, 1.54) is 11.1 Å². The molecule has 0 atom stereocenters. The Morgan fingerprint density at radius 2 is 1.94 bits per heavy atom.